The van der Waals surface area contributed by atoms with Gasteiger partial charge in [0.25, 0.3) is 0 Å². The number of benzene rings is 7. The van der Waals surface area contributed by atoms with Crippen LogP contribution in [0.4, 0.5) is 22.7 Å². The summed E-state index contributed by atoms with van der Waals surface area (Å²) in [4.78, 5) is 9.31. The van der Waals surface area contributed by atoms with Crippen LogP contribution in [0.5, 0.6) is 11.5 Å². The Morgan fingerprint density at radius 1 is 0.619 bits per heavy atom. The summed E-state index contributed by atoms with van der Waals surface area (Å²) in [6.07, 6.45) is 1.59. The zero-order valence-corrected chi connectivity index (χ0v) is 38.6. The van der Waals surface area contributed by atoms with Crippen molar-refractivity contribution in [2.24, 2.45) is 0 Å². The average Bonchev–Trinajstić information content (AvgIpc) is 3.86. The standard InChI is InChI=1S/C57H49N4O.Pt/c1-38-29-55(58-36-50(38)40-19-12-9-13-20-40)61-51-28-25-41(39-17-10-8-11-18-39)30-49(51)48-27-26-47(35-54(48)61)62-46-22-16-21-44(34-46)59-37-60(53-24-15-14-23-52(53)59)45-32-42(56(2,3)4)31-43(33-45)57(5,6)7;/h8-33,36-37H,1-7H3;/q-3;/i9D,12D,13D,19D,20D;. The van der Waals surface area contributed by atoms with Crippen molar-refractivity contribution in [2.45, 2.75) is 59.3 Å². The van der Waals surface area contributed by atoms with Gasteiger partial charge >= 0.3 is 0 Å². The second-order valence-electron chi connectivity index (χ2n) is 18.0. The normalized spacial score (nSPS) is 13.9. The molecule has 0 aliphatic carbocycles. The van der Waals surface area contributed by atoms with Gasteiger partial charge < -0.3 is 19.1 Å². The molecular formula is C57H49N4OPt-3. The second kappa shape index (κ2) is 16.4. The molecule has 10 rings (SSSR count). The van der Waals surface area contributed by atoms with E-state index in [1.807, 2.05) is 66.1 Å². The monoisotopic (exact) mass is 1010 g/mol. The van der Waals surface area contributed by atoms with Gasteiger partial charge in [0.1, 0.15) is 5.82 Å². The average molecular weight is 1010 g/mol. The summed E-state index contributed by atoms with van der Waals surface area (Å²) >= 11 is 0. The van der Waals surface area contributed by atoms with Crippen LogP contribution < -0.4 is 14.5 Å². The quantitative estimate of drug-likeness (QED) is 0.149. The molecule has 5 nitrogen and oxygen atoms in total. The molecule has 1 aliphatic heterocycles. The summed E-state index contributed by atoms with van der Waals surface area (Å²) in [5, 5.41) is 1.94. The molecule has 0 N–H and O–H groups in total. The van der Waals surface area contributed by atoms with Crippen LogP contribution in [0.3, 0.4) is 0 Å². The molecule has 0 saturated heterocycles. The van der Waals surface area contributed by atoms with Crippen molar-refractivity contribution in [3.63, 3.8) is 0 Å². The Bertz CT molecular complexity index is 3370. The maximum atomic E-state index is 8.64. The van der Waals surface area contributed by atoms with Gasteiger partial charge in [-0.25, -0.2) is 4.98 Å². The Morgan fingerprint density at radius 2 is 1.30 bits per heavy atom. The topological polar surface area (TPSA) is 33.5 Å². The fourth-order valence-corrected chi connectivity index (χ4v) is 8.22. The minimum Gasteiger partial charge on any atom is -0.509 e. The number of fused-ring (bicyclic) bond motifs is 4. The molecule has 0 atom stereocenters. The third-order valence-corrected chi connectivity index (χ3v) is 11.6. The number of ether oxygens (including phenoxy) is 1. The zero-order chi connectivity index (χ0) is 47.1. The number of para-hydroxylation sites is 2. The van der Waals surface area contributed by atoms with E-state index >= 15 is 0 Å². The molecule has 1 aliphatic rings. The number of anilines is 4. The Kier molecular flexibility index (Phi) is 9.38. The Hall–Kier alpha value is -6.42. The molecule has 3 heterocycles. The van der Waals surface area contributed by atoms with Crippen molar-refractivity contribution in [1.29, 1.82) is 0 Å². The van der Waals surface area contributed by atoms with E-state index in [2.05, 4.69) is 143 Å². The van der Waals surface area contributed by atoms with Gasteiger partial charge in [0.05, 0.1) is 6.85 Å². The summed E-state index contributed by atoms with van der Waals surface area (Å²) < 4.78 is 50.6. The van der Waals surface area contributed by atoms with Crippen molar-refractivity contribution in [1.82, 2.24) is 9.55 Å². The Balaban J connectivity index is 0.00000578. The van der Waals surface area contributed by atoms with E-state index in [1.165, 1.54) is 11.1 Å². The molecule has 2 aromatic heterocycles. The first-order valence-electron chi connectivity index (χ1n) is 23.5. The van der Waals surface area contributed by atoms with Crippen molar-refractivity contribution < 1.29 is 32.7 Å². The molecular weight excluding hydrogens is 952 g/mol. The first-order chi connectivity index (χ1) is 32.0. The molecule has 7 aromatic carbocycles. The van der Waals surface area contributed by atoms with Gasteiger partial charge in [0, 0.05) is 66.9 Å². The van der Waals surface area contributed by atoms with Crippen molar-refractivity contribution in [3.8, 4) is 39.6 Å². The van der Waals surface area contributed by atoms with Gasteiger partial charge in [-0.1, -0.05) is 138 Å². The summed E-state index contributed by atoms with van der Waals surface area (Å²) in [7, 11) is 0. The van der Waals surface area contributed by atoms with Gasteiger partial charge in [-0.05, 0) is 92.9 Å². The SMILES string of the molecule is [2H]c1c([2H])c([2H])c(-c2cnc(-n3c4[c-]c(Oc5[c-]c(N6[CH-]N(c7cc(C(C)(C)C)cc(C(C)(C)C)c7)c7ccccc76)ccc5)ccc4c4cc(-c5ccccc5)ccc43)cc2C)c([2H])c1[2H].[Pt]. The third kappa shape index (κ3) is 7.96. The van der Waals surface area contributed by atoms with Gasteiger partial charge in [-0.2, -0.15) is 12.1 Å². The first-order valence-corrected chi connectivity index (χ1v) is 21.0. The molecule has 0 radical (unpaired) electrons. The Morgan fingerprint density at radius 3 is 2.00 bits per heavy atom. The fraction of sp³-hybridized carbons (Fsp3) is 0.158. The molecule has 9 aromatic rings. The van der Waals surface area contributed by atoms with E-state index in [9.17, 15) is 0 Å². The van der Waals surface area contributed by atoms with E-state index in [4.69, 9.17) is 16.6 Å². The van der Waals surface area contributed by atoms with Crippen LogP contribution in [-0.4, -0.2) is 9.55 Å². The maximum Gasteiger partial charge on any atom is 0.135 e. The first kappa shape index (κ1) is 36.1. The van der Waals surface area contributed by atoms with Gasteiger partial charge in [-0.15, -0.1) is 48.1 Å². The van der Waals surface area contributed by atoms with Crippen LogP contribution in [0.2, 0.25) is 0 Å². The minimum atomic E-state index is -0.433. The number of aryl methyl sites for hydroxylation is 1. The zero-order valence-electron chi connectivity index (χ0n) is 41.3. The fourth-order valence-electron chi connectivity index (χ4n) is 8.22. The van der Waals surface area contributed by atoms with Crippen LogP contribution in [-0.2, 0) is 31.9 Å². The number of pyridine rings is 1. The predicted molar refractivity (Wildman–Crippen MR) is 257 cm³/mol. The summed E-state index contributed by atoms with van der Waals surface area (Å²) in [5.74, 6) is 1.59. The molecule has 63 heavy (non-hydrogen) atoms. The van der Waals surface area contributed by atoms with Gasteiger partial charge in [0.2, 0.25) is 0 Å². The summed E-state index contributed by atoms with van der Waals surface area (Å²) in [6, 6.07) is 49.1. The van der Waals surface area contributed by atoms with Crippen LogP contribution in [0.15, 0.2) is 164 Å². The van der Waals surface area contributed by atoms with Crippen LogP contribution in [0.1, 0.15) is 65.1 Å². The maximum absolute atomic E-state index is 8.64. The molecule has 0 amide bonds. The minimum absolute atomic E-state index is 0. The number of aromatic nitrogens is 2. The molecule has 0 spiro atoms. The molecule has 0 unspecified atom stereocenters. The summed E-state index contributed by atoms with van der Waals surface area (Å²) in [5.41, 5.74) is 11.6. The molecule has 0 fully saturated rings. The predicted octanol–water partition coefficient (Wildman–Crippen LogP) is 15.2. The van der Waals surface area contributed by atoms with Crippen molar-refractivity contribution >= 4 is 44.6 Å². The second-order valence-corrected chi connectivity index (χ2v) is 18.0. The van der Waals surface area contributed by atoms with Crippen molar-refractivity contribution in [2.75, 3.05) is 9.80 Å². The van der Waals surface area contributed by atoms with E-state index < -0.39 is 6.04 Å². The van der Waals surface area contributed by atoms with E-state index in [-0.39, 0.29) is 61.6 Å². The van der Waals surface area contributed by atoms with Crippen LogP contribution in [0.25, 0.3) is 49.9 Å². The van der Waals surface area contributed by atoms with E-state index in [1.54, 1.807) is 6.20 Å². The van der Waals surface area contributed by atoms with E-state index in [0.717, 1.165) is 55.7 Å². The number of rotatable bonds is 7. The van der Waals surface area contributed by atoms with Crippen LogP contribution in [0, 0.1) is 25.7 Å². The third-order valence-electron chi connectivity index (χ3n) is 11.6. The molecule has 0 saturated carbocycles. The smallest absolute Gasteiger partial charge is 0.135 e. The molecule has 316 valence electrons. The van der Waals surface area contributed by atoms with Gasteiger partial charge in [-0.3, -0.25) is 0 Å². The largest absolute Gasteiger partial charge is 0.509 e. The van der Waals surface area contributed by atoms with Gasteiger partial charge in [0.15, 0.2) is 0 Å². The number of nitrogens with zero attached hydrogens (tertiary/aromatic N) is 4. The van der Waals surface area contributed by atoms with Crippen LogP contribution >= 0.6 is 0 Å². The molecule has 6 heteroatoms. The van der Waals surface area contributed by atoms with Crippen molar-refractivity contribution in [3.05, 3.63) is 199 Å². The summed E-state index contributed by atoms with van der Waals surface area (Å²) in [6.45, 7) is 17.6. The van der Waals surface area contributed by atoms with E-state index in [0.29, 0.717) is 28.4 Å². The number of hydrogen-bond donors (Lipinski definition) is 0. The molecule has 0 bridgehead atoms. The number of hydrogen-bond acceptors (Lipinski definition) is 4. The Labute approximate surface area is 392 Å².